The average molecular weight is 314 g/mol. The standard InChI is InChI=1S/C13H9Cl2NO4/c1-6-4-8(15)9(5-7(6)14)16-12(17)10-2-3-11(20-10)13(18)19/h2-5H,1H3,(H,16,17)(H,18,19). The first-order valence-electron chi connectivity index (χ1n) is 5.48. The van der Waals surface area contributed by atoms with E-state index < -0.39 is 11.9 Å². The fraction of sp³-hybridized carbons (Fsp3) is 0.0769. The van der Waals surface area contributed by atoms with Gasteiger partial charge in [-0.25, -0.2) is 4.79 Å². The number of carboxylic acid groups (broad SMARTS) is 1. The molecule has 0 aliphatic rings. The zero-order valence-corrected chi connectivity index (χ0v) is 11.7. The number of aromatic carboxylic acids is 1. The highest BCUT2D eigenvalue weighted by molar-refractivity contribution is 6.36. The van der Waals surface area contributed by atoms with Crippen molar-refractivity contribution in [3.8, 4) is 0 Å². The molecule has 0 aliphatic carbocycles. The smallest absolute Gasteiger partial charge is 0.371 e. The minimum Gasteiger partial charge on any atom is -0.475 e. The molecule has 7 heteroatoms. The molecular formula is C13H9Cl2NO4. The van der Waals surface area contributed by atoms with Crippen LogP contribution in [-0.4, -0.2) is 17.0 Å². The second-order valence-corrected chi connectivity index (χ2v) is 4.82. The normalized spacial score (nSPS) is 10.3. The first-order chi connectivity index (χ1) is 9.38. The SMILES string of the molecule is Cc1cc(Cl)c(NC(=O)c2ccc(C(=O)O)o2)cc1Cl. The Morgan fingerprint density at radius 2 is 1.80 bits per heavy atom. The Bertz CT molecular complexity index is 694. The van der Waals surface area contributed by atoms with Crippen LogP contribution in [0.1, 0.15) is 26.7 Å². The Hall–Kier alpha value is -1.98. The van der Waals surface area contributed by atoms with Crippen molar-refractivity contribution < 1.29 is 19.1 Å². The van der Waals surface area contributed by atoms with Crippen LogP contribution in [-0.2, 0) is 0 Å². The molecule has 1 aromatic carbocycles. The van der Waals surface area contributed by atoms with Gasteiger partial charge in [-0.2, -0.15) is 0 Å². The summed E-state index contributed by atoms with van der Waals surface area (Å²) in [6.45, 7) is 1.78. The molecule has 0 radical (unpaired) electrons. The summed E-state index contributed by atoms with van der Waals surface area (Å²) in [6.07, 6.45) is 0. The lowest BCUT2D eigenvalue weighted by Crippen LogP contribution is -2.11. The van der Waals surface area contributed by atoms with Gasteiger partial charge in [0.1, 0.15) is 0 Å². The van der Waals surface area contributed by atoms with Crippen molar-refractivity contribution in [2.45, 2.75) is 6.92 Å². The van der Waals surface area contributed by atoms with Gasteiger partial charge < -0.3 is 14.8 Å². The Labute approximate surface area is 124 Å². The molecule has 0 saturated carbocycles. The van der Waals surface area contributed by atoms with Crippen molar-refractivity contribution in [1.82, 2.24) is 0 Å². The van der Waals surface area contributed by atoms with E-state index >= 15 is 0 Å². The van der Waals surface area contributed by atoms with Crippen LogP contribution in [0.3, 0.4) is 0 Å². The van der Waals surface area contributed by atoms with E-state index in [0.717, 1.165) is 5.56 Å². The number of carboxylic acids is 1. The van der Waals surface area contributed by atoms with Gasteiger partial charge in [0.25, 0.3) is 5.91 Å². The number of hydrogen-bond donors (Lipinski definition) is 2. The molecule has 104 valence electrons. The molecule has 5 nitrogen and oxygen atoms in total. The van der Waals surface area contributed by atoms with E-state index in [1.807, 2.05) is 0 Å². The summed E-state index contributed by atoms with van der Waals surface area (Å²) in [6, 6.07) is 5.59. The number of amides is 1. The third kappa shape index (κ3) is 2.95. The summed E-state index contributed by atoms with van der Waals surface area (Å²) in [4.78, 5) is 22.6. The average Bonchev–Trinajstić information content (AvgIpc) is 2.85. The molecule has 0 fully saturated rings. The van der Waals surface area contributed by atoms with Crippen LogP contribution in [0.15, 0.2) is 28.7 Å². The lowest BCUT2D eigenvalue weighted by atomic mass is 10.2. The summed E-state index contributed by atoms with van der Waals surface area (Å²) in [5, 5.41) is 12.0. The van der Waals surface area contributed by atoms with E-state index in [1.54, 1.807) is 13.0 Å². The van der Waals surface area contributed by atoms with Crippen LogP contribution in [0, 0.1) is 6.92 Å². The summed E-state index contributed by atoms with van der Waals surface area (Å²) >= 11 is 11.9. The molecule has 2 rings (SSSR count). The molecule has 0 bridgehead atoms. The van der Waals surface area contributed by atoms with Crippen LogP contribution in [0.25, 0.3) is 0 Å². The minimum atomic E-state index is -1.25. The van der Waals surface area contributed by atoms with E-state index in [0.29, 0.717) is 15.7 Å². The fourth-order valence-corrected chi connectivity index (χ4v) is 1.93. The minimum absolute atomic E-state index is 0.129. The van der Waals surface area contributed by atoms with E-state index in [9.17, 15) is 9.59 Å². The van der Waals surface area contributed by atoms with Gasteiger partial charge in [-0.3, -0.25) is 4.79 Å². The predicted octanol–water partition coefficient (Wildman–Crippen LogP) is 3.85. The van der Waals surface area contributed by atoms with Crippen LogP contribution in [0.5, 0.6) is 0 Å². The first kappa shape index (κ1) is 14.4. The Kier molecular flexibility index (Phi) is 4.01. The molecule has 1 aromatic heterocycles. The maximum absolute atomic E-state index is 11.9. The molecule has 2 N–H and O–H groups in total. The largest absolute Gasteiger partial charge is 0.475 e. The number of halogens is 2. The molecule has 20 heavy (non-hydrogen) atoms. The van der Waals surface area contributed by atoms with Gasteiger partial charge in [-0.1, -0.05) is 23.2 Å². The number of aryl methyl sites for hydroxylation is 1. The van der Waals surface area contributed by atoms with Crippen molar-refractivity contribution in [3.63, 3.8) is 0 Å². The third-order valence-electron chi connectivity index (χ3n) is 2.54. The van der Waals surface area contributed by atoms with E-state index in [4.69, 9.17) is 32.7 Å². The van der Waals surface area contributed by atoms with Gasteiger partial charge in [-0.15, -0.1) is 0 Å². The number of furan rings is 1. The molecule has 0 unspecified atom stereocenters. The molecule has 2 aromatic rings. The molecule has 1 amide bonds. The second-order valence-electron chi connectivity index (χ2n) is 4.00. The van der Waals surface area contributed by atoms with E-state index in [1.165, 1.54) is 18.2 Å². The Morgan fingerprint density at radius 1 is 1.15 bits per heavy atom. The second kappa shape index (κ2) is 5.56. The molecule has 1 heterocycles. The number of hydrogen-bond acceptors (Lipinski definition) is 3. The quantitative estimate of drug-likeness (QED) is 0.902. The fourth-order valence-electron chi connectivity index (χ4n) is 1.50. The number of nitrogens with one attached hydrogen (secondary N) is 1. The Balaban J connectivity index is 2.23. The summed E-state index contributed by atoms with van der Waals surface area (Å²) < 4.78 is 4.89. The van der Waals surface area contributed by atoms with Gasteiger partial charge in [0.05, 0.1) is 10.7 Å². The van der Waals surface area contributed by atoms with Gasteiger partial charge in [0.15, 0.2) is 5.76 Å². The van der Waals surface area contributed by atoms with Crippen LogP contribution < -0.4 is 5.32 Å². The number of anilines is 1. The Morgan fingerprint density at radius 3 is 2.40 bits per heavy atom. The zero-order valence-electron chi connectivity index (χ0n) is 10.2. The van der Waals surface area contributed by atoms with Crippen molar-refractivity contribution in [1.29, 1.82) is 0 Å². The van der Waals surface area contributed by atoms with Crippen LogP contribution in [0.4, 0.5) is 5.69 Å². The van der Waals surface area contributed by atoms with E-state index in [2.05, 4.69) is 5.32 Å². The number of carbonyl (C=O) groups excluding carboxylic acids is 1. The number of benzene rings is 1. The maximum Gasteiger partial charge on any atom is 0.371 e. The molecule has 0 saturated heterocycles. The lowest BCUT2D eigenvalue weighted by molar-refractivity contribution is 0.0660. The van der Waals surface area contributed by atoms with Crippen molar-refractivity contribution in [3.05, 3.63) is 51.4 Å². The van der Waals surface area contributed by atoms with Crippen molar-refractivity contribution in [2.75, 3.05) is 5.32 Å². The maximum atomic E-state index is 11.9. The third-order valence-corrected chi connectivity index (χ3v) is 3.26. The lowest BCUT2D eigenvalue weighted by Gasteiger charge is -2.08. The van der Waals surface area contributed by atoms with Gasteiger partial charge >= 0.3 is 5.97 Å². The van der Waals surface area contributed by atoms with Gasteiger partial charge in [0.2, 0.25) is 5.76 Å². The van der Waals surface area contributed by atoms with Crippen molar-refractivity contribution in [2.24, 2.45) is 0 Å². The highest BCUT2D eigenvalue weighted by Crippen LogP contribution is 2.29. The molecule has 0 spiro atoms. The highest BCUT2D eigenvalue weighted by Gasteiger charge is 2.16. The van der Waals surface area contributed by atoms with Crippen molar-refractivity contribution >= 4 is 40.8 Å². The first-order valence-corrected chi connectivity index (χ1v) is 6.24. The number of rotatable bonds is 3. The highest BCUT2D eigenvalue weighted by atomic mass is 35.5. The van der Waals surface area contributed by atoms with Gasteiger partial charge in [0, 0.05) is 5.02 Å². The molecular weight excluding hydrogens is 305 g/mol. The van der Waals surface area contributed by atoms with Crippen LogP contribution >= 0.6 is 23.2 Å². The summed E-state index contributed by atoms with van der Waals surface area (Å²) in [5.74, 6) is -2.31. The summed E-state index contributed by atoms with van der Waals surface area (Å²) in [7, 11) is 0. The zero-order chi connectivity index (χ0) is 14.9. The monoisotopic (exact) mass is 313 g/mol. The summed E-state index contributed by atoms with van der Waals surface area (Å²) in [5.41, 5.74) is 1.10. The van der Waals surface area contributed by atoms with Gasteiger partial charge in [-0.05, 0) is 36.8 Å². The predicted molar refractivity (Wildman–Crippen MR) is 74.8 cm³/mol. The number of carbonyl (C=O) groups is 2. The molecule has 0 aliphatic heterocycles. The van der Waals surface area contributed by atoms with E-state index in [-0.39, 0.29) is 11.5 Å². The molecule has 0 atom stereocenters. The van der Waals surface area contributed by atoms with Crippen LogP contribution in [0.2, 0.25) is 10.0 Å². The topological polar surface area (TPSA) is 79.5 Å².